The molecule has 15 heavy (non-hydrogen) atoms. The van der Waals surface area contributed by atoms with E-state index in [9.17, 15) is 12.6 Å². The quantitative estimate of drug-likeness (QED) is 0.342. The van der Waals surface area contributed by atoms with E-state index in [1.165, 1.54) is 6.07 Å². The summed E-state index contributed by atoms with van der Waals surface area (Å²) in [6, 6.07) is 3.35. The van der Waals surface area contributed by atoms with Crippen LogP contribution < -0.4 is 10.5 Å². The molecule has 5 N–H and O–H groups in total. The fraction of sp³-hybridized carbons (Fsp3) is 0. The highest BCUT2D eigenvalue weighted by Gasteiger charge is 2.13. The molecule has 1 atom stereocenters. The highest BCUT2D eigenvalue weighted by Crippen LogP contribution is 2.22. The normalized spacial score (nSPS) is 13.5. The fourth-order valence-corrected chi connectivity index (χ4v) is 1.87. The summed E-state index contributed by atoms with van der Waals surface area (Å²) >= 11 is -2.27. The van der Waals surface area contributed by atoms with Crippen LogP contribution in [-0.2, 0) is 21.4 Å². The zero-order valence-corrected chi connectivity index (χ0v) is 8.88. The number of nitrogen functional groups attached to an aromatic ring is 1. The molecule has 0 bridgehead atoms. The Morgan fingerprint density at radius 3 is 2.40 bits per heavy atom. The zero-order chi connectivity index (χ0) is 11.6. The Labute approximate surface area is 88.5 Å². The van der Waals surface area contributed by atoms with Gasteiger partial charge in [0.25, 0.3) is 21.4 Å². The van der Waals surface area contributed by atoms with Crippen LogP contribution in [0, 0.1) is 0 Å². The molecule has 1 aromatic carbocycles. The first-order valence-corrected chi connectivity index (χ1v) is 6.10. The third-order valence-electron chi connectivity index (χ3n) is 1.49. The Morgan fingerprint density at radius 1 is 1.40 bits per heavy atom. The standard InChI is InChI=1S/C6H8N2O5S2/c7-5-3-4(8-14(9)10)1-2-6(5)15(11,12)13/h1-3,8H,7H2,(H,9,10)(H,11,12,13). The van der Waals surface area contributed by atoms with Gasteiger partial charge < -0.3 is 5.73 Å². The van der Waals surface area contributed by atoms with Crippen molar-refractivity contribution in [3.05, 3.63) is 18.2 Å². The van der Waals surface area contributed by atoms with Gasteiger partial charge in [0.2, 0.25) is 0 Å². The van der Waals surface area contributed by atoms with Gasteiger partial charge in [-0.15, -0.1) is 0 Å². The Bertz CT molecular complexity index is 498. The van der Waals surface area contributed by atoms with Gasteiger partial charge in [-0.1, -0.05) is 0 Å². The molecule has 9 heteroatoms. The lowest BCUT2D eigenvalue weighted by Gasteiger charge is -2.05. The zero-order valence-electron chi connectivity index (χ0n) is 7.25. The van der Waals surface area contributed by atoms with Crippen molar-refractivity contribution in [3.63, 3.8) is 0 Å². The number of nitrogens with one attached hydrogen (secondary N) is 1. The molecule has 0 aliphatic heterocycles. The highest BCUT2D eigenvalue weighted by atomic mass is 32.2. The molecule has 0 amide bonds. The van der Waals surface area contributed by atoms with Gasteiger partial charge in [-0.2, -0.15) is 8.42 Å². The number of hydrogen-bond acceptors (Lipinski definition) is 4. The van der Waals surface area contributed by atoms with Crippen LogP contribution in [0.3, 0.4) is 0 Å². The van der Waals surface area contributed by atoms with Crippen molar-refractivity contribution in [2.24, 2.45) is 0 Å². The van der Waals surface area contributed by atoms with E-state index < -0.39 is 26.3 Å². The first-order chi connectivity index (χ1) is 6.80. The number of anilines is 2. The summed E-state index contributed by atoms with van der Waals surface area (Å²) < 4.78 is 51.1. The van der Waals surface area contributed by atoms with Crippen molar-refractivity contribution in [1.29, 1.82) is 0 Å². The van der Waals surface area contributed by atoms with E-state index in [2.05, 4.69) is 4.72 Å². The van der Waals surface area contributed by atoms with Gasteiger partial charge in [0.15, 0.2) is 0 Å². The molecule has 0 radical (unpaired) electrons. The van der Waals surface area contributed by atoms with E-state index in [0.29, 0.717) is 0 Å². The van der Waals surface area contributed by atoms with Gasteiger partial charge in [-0.3, -0.25) is 13.8 Å². The largest absolute Gasteiger partial charge is 0.398 e. The third-order valence-corrected chi connectivity index (χ3v) is 2.83. The Hall–Kier alpha value is -1.16. The molecule has 0 aromatic heterocycles. The maximum Gasteiger partial charge on any atom is 0.296 e. The summed E-state index contributed by atoms with van der Waals surface area (Å²) in [5.41, 5.74) is 5.28. The summed E-state index contributed by atoms with van der Waals surface area (Å²) in [4.78, 5) is -0.447. The first-order valence-electron chi connectivity index (χ1n) is 3.55. The minimum atomic E-state index is -4.37. The molecule has 0 spiro atoms. The van der Waals surface area contributed by atoms with Crippen molar-refractivity contribution in [2.45, 2.75) is 4.90 Å². The van der Waals surface area contributed by atoms with Crippen molar-refractivity contribution in [1.82, 2.24) is 0 Å². The number of benzene rings is 1. The second kappa shape index (κ2) is 4.14. The summed E-state index contributed by atoms with van der Waals surface area (Å²) in [5, 5.41) is 0. The fourth-order valence-electron chi connectivity index (χ4n) is 0.948. The summed E-state index contributed by atoms with van der Waals surface area (Å²) in [6.45, 7) is 0. The predicted molar refractivity (Wildman–Crippen MR) is 55.1 cm³/mol. The van der Waals surface area contributed by atoms with Gasteiger partial charge >= 0.3 is 0 Å². The lowest BCUT2D eigenvalue weighted by molar-refractivity contribution is 0.483. The van der Waals surface area contributed by atoms with Crippen molar-refractivity contribution in [2.75, 3.05) is 10.5 Å². The summed E-state index contributed by atoms with van der Waals surface area (Å²) in [5.74, 6) is 0. The molecular weight excluding hydrogens is 244 g/mol. The van der Waals surface area contributed by atoms with Crippen LogP contribution in [0.2, 0.25) is 0 Å². The van der Waals surface area contributed by atoms with Crippen molar-refractivity contribution in [3.8, 4) is 0 Å². The van der Waals surface area contributed by atoms with E-state index in [1.54, 1.807) is 0 Å². The molecule has 84 valence electrons. The molecule has 1 aromatic rings. The smallest absolute Gasteiger partial charge is 0.296 e. The van der Waals surface area contributed by atoms with Crippen molar-refractivity contribution < 1.29 is 21.7 Å². The van der Waals surface area contributed by atoms with Crippen LogP contribution >= 0.6 is 0 Å². The highest BCUT2D eigenvalue weighted by molar-refractivity contribution is 7.86. The van der Waals surface area contributed by atoms with Crippen LogP contribution in [-0.4, -0.2) is 21.7 Å². The summed E-state index contributed by atoms with van der Waals surface area (Å²) in [7, 11) is -4.37. The molecule has 1 rings (SSSR count). The molecule has 0 aliphatic rings. The molecule has 0 saturated carbocycles. The van der Waals surface area contributed by atoms with E-state index in [-0.39, 0.29) is 11.4 Å². The van der Waals surface area contributed by atoms with Gasteiger partial charge in [-0.05, 0) is 18.2 Å². The predicted octanol–water partition coefficient (Wildman–Crippen LogP) is 0.0641. The molecule has 7 nitrogen and oxygen atoms in total. The van der Waals surface area contributed by atoms with Gasteiger partial charge in [0.05, 0.1) is 11.4 Å². The topological polar surface area (TPSA) is 130 Å². The van der Waals surface area contributed by atoms with Gasteiger partial charge in [0.1, 0.15) is 4.90 Å². The van der Waals surface area contributed by atoms with Crippen LogP contribution in [0.4, 0.5) is 11.4 Å². The van der Waals surface area contributed by atoms with Crippen molar-refractivity contribution >= 4 is 32.8 Å². The van der Waals surface area contributed by atoms with E-state index in [4.69, 9.17) is 14.8 Å². The molecule has 1 unspecified atom stereocenters. The molecule has 0 heterocycles. The van der Waals surface area contributed by atoms with Crippen LogP contribution in [0.15, 0.2) is 23.1 Å². The minimum Gasteiger partial charge on any atom is -0.398 e. The van der Waals surface area contributed by atoms with Crippen LogP contribution in [0.1, 0.15) is 0 Å². The minimum absolute atomic E-state index is 0.167. The first kappa shape index (κ1) is 11.9. The van der Waals surface area contributed by atoms with Gasteiger partial charge in [-0.25, -0.2) is 4.21 Å². The SMILES string of the molecule is Nc1cc(NS(=O)O)ccc1S(=O)(=O)O. The van der Waals surface area contributed by atoms with E-state index in [0.717, 1.165) is 12.1 Å². The molecule has 0 saturated heterocycles. The molecule has 0 fully saturated rings. The number of hydrogen-bond donors (Lipinski definition) is 4. The average Bonchev–Trinajstić information content (AvgIpc) is 1.99. The molecular formula is C6H8N2O5S2. The maximum absolute atomic E-state index is 10.7. The average molecular weight is 252 g/mol. The third kappa shape index (κ3) is 3.16. The lowest BCUT2D eigenvalue weighted by atomic mass is 10.3. The van der Waals surface area contributed by atoms with Crippen LogP contribution in [0.5, 0.6) is 0 Å². The molecule has 0 aliphatic carbocycles. The monoisotopic (exact) mass is 252 g/mol. The Kier molecular flexibility index (Phi) is 3.29. The number of nitrogens with two attached hydrogens (primary N) is 1. The number of rotatable bonds is 3. The second-order valence-corrected chi connectivity index (χ2v) is 4.67. The second-order valence-electron chi connectivity index (χ2n) is 2.58. The Morgan fingerprint density at radius 2 is 2.00 bits per heavy atom. The Balaban J connectivity index is 3.15. The summed E-state index contributed by atoms with van der Waals surface area (Å²) in [6.07, 6.45) is 0. The maximum atomic E-state index is 10.7. The van der Waals surface area contributed by atoms with E-state index in [1.807, 2.05) is 0 Å². The van der Waals surface area contributed by atoms with E-state index >= 15 is 0 Å². The van der Waals surface area contributed by atoms with Gasteiger partial charge in [0, 0.05) is 0 Å². The van der Waals surface area contributed by atoms with Crippen LogP contribution in [0.25, 0.3) is 0 Å². The lowest BCUT2D eigenvalue weighted by Crippen LogP contribution is -2.06.